The van der Waals surface area contributed by atoms with E-state index >= 15 is 0 Å². The van der Waals surface area contributed by atoms with Gasteiger partial charge in [-0.1, -0.05) is 32.0 Å². The van der Waals surface area contributed by atoms with Crippen molar-refractivity contribution >= 4 is 0 Å². The van der Waals surface area contributed by atoms with Crippen LogP contribution in [0.3, 0.4) is 0 Å². The van der Waals surface area contributed by atoms with Gasteiger partial charge in [-0.25, -0.2) is 9.67 Å². The van der Waals surface area contributed by atoms with E-state index in [2.05, 4.69) is 10.1 Å². The van der Waals surface area contributed by atoms with Crippen molar-refractivity contribution in [3.63, 3.8) is 0 Å². The number of aliphatic hydroxyl groups excluding tert-OH is 1. The Labute approximate surface area is 118 Å². The maximum atomic E-state index is 10.6. The first-order valence-electron chi connectivity index (χ1n) is 7.08. The second-order valence-electron chi connectivity index (χ2n) is 4.96. The molecular formula is C15H19N3O2. The Balaban J connectivity index is 1.98. The molecule has 2 unspecified atom stereocenters. The minimum absolute atomic E-state index is 0.215. The van der Waals surface area contributed by atoms with Crippen LogP contribution in [0.1, 0.15) is 43.2 Å². The van der Waals surface area contributed by atoms with Crippen molar-refractivity contribution in [1.82, 2.24) is 14.8 Å². The van der Waals surface area contributed by atoms with Crippen LogP contribution in [-0.4, -0.2) is 26.5 Å². The summed E-state index contributed by atoms with van der Waals surface area (Å²) in [5.74, 6) is 2.46. The van der Waals surface area contributed by atoms with Crippen molar-refractivity contribution in [1.29, 1.82) is 0 Å². The molecule has 0 fully saturated rings. The molecule has 2 heterocycles. The predicted molar refractivity (Wildman–Crippen MR) is 74.7 cm³/mol. The molecule has 0 saturated heterocycles. The maximum absolute atomic E-state index is 10.6. The molecule has 1 aliphatic heterocycles. The summed E-state index contributed by atoms with van der Waals surface area (Å²) in [4.78, 5) is 4.50. The second-order valence-corrected chi connectivity index (χ2v) is 4.96. The van der Waals surface area contributed by atoms with Crippen molar-refractivity contribution in [2.24, 2.45) is 0 Å². The van der Waals surface area contributed by atoms with Crippen LogP contribution >= 0.6 is 0 Å². The normalized spacial score (nSPS) is 21.4. The zero-order chi connectivity index (χ0) is 14.1. The van der Waals surface area contributed by atoms with Crippen molar-refractivity contribution in [2.45, 2.75) is 38.8 Å². The third kappa shape index (κ3) is 2.08. The molecule has 0 radical (unpaired) electrons. The highest BCUT2D eigenvalue weighted by Gasteiger charge is 2.32. The summed E-state index contributed by atoms with van der Waals surface area (Å²) < 4.78 is 7.59. The Morgan fingerprint density at radius 3 is 2.85 bits per heavy atom. The first-order valence-corrected chi connectivity index (χ1v) is 7.08. The monoisotopic (exact) mass is 273 g/mol. The van der Waals surface area contributed by atoms with Crippen LogP contribution in [0.15, 0.2) is 24.3 Å². The molecule has 1 aromatic carbocycles. The van der Waals surface area contributed by atoms with E-state index in [1.807, 2.05) is 42.8 Å². The van der Waals surface area contributed by atoms with E-state index in [9.17, 15) is 5.11 Å². The molecule has 2 aromatic rings. The molecule has 0 saturated carbocycles. The summed E-state index contributed by atoms with van der Waals surface area (Å²) >= 11 is 0. The van der Waals surface area contributed by atoms with Crippen molar-refractivity contribution in [2.75, 3.05) is 6.61 Å². The van der Waals surface area contributed by atoms with E-state index in [4.69, 9.17) is 4.74 Å². The van der Waals surface area contributed by atoms with E-state index in [0.717, 1.165) is 35.8 Å². The maximum Gasteiger partial charge on any atom is 0.150 e. The fraction of sp³-hybridized carbons (Fsp3) is 0.467. The van der Waals surface area contributed by atoms with Crippen LogP contribution in [0.5, 0.6) is 5.75 Å². The van der Waals surface area contributed by atoms with Gasteiger partial charge in [-0.3, -0.25) is 0 Å². The average molecular weight is 273 g/mol. The number of fused-ring (bicyclic) bond motifs is 1. The van der Waals surface area contributed by atoms with Gasteiger partial charge >= 0.3 is 0 Å². The number of aromatic nitrogens is 3. The molecule has 20 heavy (non-hydrogen) atoms. The Kier molecular flexibility index (Phi) is 3.44. The molecule has 0 amide bonds. The van der Waals surface area contributed by atoms with Gasteiger partial charge in [0.1, 0.15) is 30.3 Å². The Hall–Kier alpha value is -1.88. The van der Waals surface area contributed by atoms with Crippen LogP contribution in [0.4, 0.5) is 0 Å². The van der Waals surface area contributed by atoms with E-state index in [0.29, 0.717) is 6.61 Å². The minimum Gasteiger partial charge on any atom is -0.491 e. The van der Waals surface area contributed by atoms with E-state index in [1.54, 1.807) is 0 Å². The number of para-hydroxylation sites is 1. The number of rotatable bonds is 3. The van der Waals surface area contributed by atoms with Gasteiger partial charge in [-0.15, -0.1) is 0 Å². The number of hydrogen-bond acceptors (Lipinski definition) is 4. The lowest BCUT2D eigenvalue weighted by atomic mass is 9.99. The number of benzene rings is 1. The van der Waals surface area contributed by atoms with Crippen molar-refractivity contribution < 1.29 is 9.84 Å². The van der Waals surface area contributed by atoms with E-state index in [1.165, 1.54) is 0 Å². The molecule has 3 rings (SSSR count). The third-order valence-electron chi connectivity index (χ3n) is 3.70. The second kappa shape index (κ2) is 5.25. The molecule has 0 aliphatic carbocycles. The molecule has 0 spiro atoms. The summed E-state index contributed by atoms with van der Waals surface area (Å²) in [6.07, 6.45) is 0.967. The molecule has 5 nitrogen and oxygen atoms in total. The van der Waals surface area contributed by atoms with Gasteiger partial charge in [-0.05, 0) is 6.07 Å². The fourth-order valence-corrected chi connectivity index (χ4v) is 2.60. The van der Waals surface area contributed by atoms with Gasteiger partial charge in [0.25, 0.3) is 0 Å². The standard InChI is InChI=1S/C15H19N3O2/c1-3-13-16-14(4-2)18(17-13)11-9-20-12-8-6-5-7-10(12)15(11)19/h5-8,11,15,19H,3-4,9H2,1-2H3. The van der Waals surface area contributed by atoms with Crippen molar-refractivity contribution in [3.05, 3.63) is 41.5 Å². The third-order valence-corrected chi connectivity index (χ3v) is 3.70. The summed E-state index contributed by atoms with van der Waals surface area (Å²) in [5, 5.41) is 15.1. The summed E-state index contributed by atoms with van der Waals surface area (Å²) in [6.45, 7) is 4.49. The lowest BCUT2D eigenvalue weighted by molar-refractivity contribution is 0.0490. The lowest BCUT2D eigenvalue weighted by Crippen LogP contribution is -2.30. The van der Waals surface area contributed by atoms with Gasteiger partial charge in [0, 0.05) is 18.4 Å². The molecule has 106 valence electrons. The van der Waals surface area contributed by atoms with Gasteiger partial charge < -0.3 is 9.84 Å². The highest BCUT2D eigenvalue weighted by molar-refractivity contribution is 5.37. The van der Waals surface area contributed by atoms with Crippen LogP contribution in [-0.2, 0) is 12.8 Å². The van der Waals surface area contributed by atoms with Gasteiger partial charge in [0.15, 0.2) is 5.82 Å². The first kappa shape index (κ1) is 13.1. The summed E-state index contributed by atoms with van der Waals surface area (Å²) in [7, 11) is 0. The molecule has 2 atom stereocenters. The van der Waals surface area contributed by atoms with Gasteiger partial charge in [-0.2, -0.15) is 5.10 Å². The van der Waals surface area contributed by atoms with Crippen LogP contribution in [0, 0.1) is 0 Å². The quantitative estimate of drug-likeness (QED) is 0.930. The SMILES string of the molecule is CCc1nc(CC)n(C2COc3ccccc3C2O)n1. The van der Waals surface area contributed by atoms with Gasteiger partial charge in [0.2, 0.25) is 0 Å². The highest BCUT2D eigenvalue weighted by atomic mass is 16.5. The molecule has 1 aliphatic rings. The molecule has 5 heteroatoms. The smallest absolute Gasteiger partial charge is 0.150 e. The minimum atomic E-state index is -0.614. The largest absolute Gasteiger partial charge is 0.491 e. The van der Waals surface area contributed by atoms with Crippen molar-refractivity contribution in [3.8, 4) is 5.75 Å². The number of nitrogens with zero attached hydrogens (tertiary/aromatic N) is 3. The molecule has 1 N–H and O–H groups in total. The number of ether oxygens (including phenoxy) is 1. The van der Waals surface area contributed by atoms with E-state index < -0.39 is 6.10 Å². The topological polar surface area (TPSA) is 60.2 Å². The number of hydrogen-bond donors (Lipinski definition) is 1. The predicted octanol–water partition coefficient (Wildman–Crippen LogP) is 2.07. The molecular weight excluding hydrogens is 254 g/mol. The van der Waals surface area contributed by atoms with Crippen LogP contribution in [0.25, 0.3) is 0 Å². The summed E-state index contributed by atoms with van der Waals surface area (Å²) in [6, 6.07) is 7.39. The zero-order valence-electron chi connectivity index (χ0n) is 11.8. The number of aliphatic hydroxyl groups is 1. The number of aryl methyl sites for hydroxylation is 2. The highest BCUT2D eigenvalue weighted by Crippen LogP contribution is 2.37. The molecule has 1 aromatic heterocycles. The Morgan fingerprint density at radius 2 is 2.10 bits per heavy atom. The lowest BCUT2D eigenvalue weighted by Gasteiger charge is -2.30. The van der Waals surface area contributed by atoms with Crippen LogP contribution in [0.2, 0.25) is 0 Å². The summed E-state index contributed by atoms with van der Waals surface area (Å²) in [5.41, 5.74) is 0.819. The van der Waals surface area contributed by atoms with E-state index in [-0.39, 0.29) is 6.04 Å². The van der Waals surface area contributed by atoms with Gasteiger partial charge in [0.05, 0.1) is 0 Å². The average Bonchev–Trinajstić information content (AvgIpc) is 2.91. The van der Waals surface area contributed by atoms with Crippen LogP contribution < -0.4 is 4.74 Å². The fourth-order valence-electron chi connectivity index (χ4n) is 2.60. The Morgan fingerprint density at radius 1 is 1.30 bits per heavy atom. The Bertz CT molecular complexity index is 609. The zero-order valence-corrected chi connectivity index (χ0v) is 11.8. The first-order chi connectivity index (χ1) is 9.74. The molecule has 0 bridgehead atoms.